The van der Waals surface area contributed by atoms with Gasteiger partial charge < -0.3 is 39.9 Å². The first-order valence-corrected chi connectivity index (χ1v) is 21.0. The molecule has 8 rings (SSSR count). The predicted molar refractivity (Wildman–Crippen MR) is 229 cm³/mol. The number of rotatable bonds is 10. The molecule has 14 nitrogen and oxygen atoms in total. The fraction of sp³-hybridized carbons (Fsp3) is 0.404. The average Bonchev–Trinajstić information content (AvgIpc) is 3.77. The van der Waals surface area contributed by atoms with E-state index >= 15 is 0 Å². The molecule has 4 N–H and O–H groups in total. The van der Waals surface area contributed by atoms with E-state index in [1.807, 2.05) is 103 Å². The summed E-state index contributed by atoms with van der Waals surface area (Å²) in [4.78, 5) is 72.7. The molecule has 5 aromatic rings. The molecule has 0 bridgehead atoms. The minimum absolute atomic E-state index is 0.104. The van der Waals surface area contributed by atoms with Crippen molar-refractivity contribution >= 4 is 35.0 Å². The van der Waals surface area contributed by atoms with Crippen molar-refractivity contribution in [3.8, 4) is 23.1 Å². The van der Waals surface area contributed by atoms with Crippen LogP contribution in [0, 0.1) is 23.2 Å². The molecule has 1 aliphatic carbocycles. The summed E-state index contributed by atoms with van der Waals surface area (Å²) in [5.74, 6) is 7.29. The van der Waals surface area contributed by atoms with Crippen molar-refractivity contribution in [2.75, 3.05) is 27.3 Å². The van der Waals surface area contributed by atoms with Gasteiger partial charge >= 0.3 is 12.2 Å². The molecule has 2 aromatic heterocycles. The predicted octanol–water partition coefficient (Wildman–Crippen LogP) is 6.98. The second-order valence-electron chi connectivity index (χ2n) is 16.9. The summed E-state index contributed by atoms with van der Waals surface area (Å²) in [6, 6.07) is 21.5. The Kier molecular flexibility index (Phi) is 11.6. The Morgan fingerprint density at radius 1 is 0.803 bits per heavy atom. The lowest BCUT2D eigenvalue weighted by Crippen LogP contribution is -2.51. The van der Waals surface area contributed by atoms with Crippen molar-refractivity contribution in [3.05, 3.63) is 107 Å². The van der Waals surface area contributed by atoms with E-state index in [1.165, 1.54) is 14.2 Å². The first-order chi connectivity index (χ1) is 29.5. The minimum Gasteiger partial charge on any atom is -0.453 e. The van der Waals surface area contributed by atoms with Gasteiger partial charge in [-0.25, -0.2) is 19.6 Å². The highest BCUT2D eigenvalue weighted by molar-refractivity contribution is 5.88. The van der Waals surface area contributed by atoms with E-state index in [4.69, 9.17) is 19.4 Å². The summed E-state index contributed by atoms with van der Waals surface area (Å²) in [5.41, 5.74) is 6.10. The van der Waals surface area contributed by atoms with Crippen LogP contribution in [0.4, 0.5) is 9.59 Å². The molecule has 0 radical (unpaired) electrons. The van der Waals surface area contributed by atoms with Crippen molar-refractivity contribution in [1.29, 1.82) is 0 Å². The van der Waals surface area contributed by atoms with Crippen LogP contribution < -0.4 is 10.6 Å². The number of benzene rings is 3. The molecule has 61 heavy (non-hydrogen) atoms. The lowest BCUT2D eigenvalue weighted by molar-refractivity contribution is -0.136. The molecule has 1 saturated carbocycles. The van der Waals surface area contributed by atoms with Gasteiger partial charge in [0.05, 0.1) is 49.2 Å². The van der Waals surface area contributed by atoms with E-state index in [0.29, 0.717) is 18.9 Å². The molecule has 3 aliphatic rings. The van der Waals surface area contributed by atoms with Crippen LogP contribution in [-0.4, -0.2) is 93.1 Å². The molecule has 1 spiro atoms. The van der Waals surface area contributed by atoms with Gasteiger partial charge in [0.25, 0.3) is 0 Å². The number of aromatic nitrogens is 4. The minimum atomic E-state index is -0.811. The van der Waals surface area contributed by atoms with E-state index in [9.17, 15) is 19.2 Å². The average molecular weight is 825 g/mol. The lowest BCUT2D eigenvalue weighted by atomic mass is 9.92. The summed E-state index contributed by atoms with van der Waals surface area (Å²) in [7, 11) is 2.59. The zero-order chi connectivity index (χ0) is 42.8. The number of nitrogens with zero attached hydrogens (tertiary/aromatic N) is 4. The van der Waals surface area contributed by atoms with Gasteiger partial charge in [0.1, 0.15) is 23.7 Å². The number of fused-ring (bicyclic) bond motifs is 1. The molecule has 14 heteroatoms. The van der Waals surface area contributed by atoms with Gasteiger partial charge in [-0.1, -0.05) is 75.1 Å². The quantitative estimate of drug-likeness (QED) is 0.109. The molecule has 3 fully saturated rings. The van der Waals surface area contributed by atoms with E-state index in [-0.39, 0.29) is 41.1 Å². The third-order valence-corrected chi connectivity index (χ3v) is 12.5. The normalized spacial score (nSPS) is 19.2. The Labute approximate surface area is 355 Å². The van der Waals surface area contributed by atoms with Gasteiger partial charge in [0.2, 0.25) is 11.8 Å². The van der Waals surface area contributed by atoms with E-state index in [2.05, 4.69) is 32.4 Å². The molecule has 5 atom stereocenters. The molecule has 0 unspecified atom stereocenters. The SMILES string of the molecule is COC(=O)N[C@H](C(=O)N1CC2(CC2)C[C@H]1c1nc2ccc(C#Cc3ccc(-c4cnc([C@@H]5CCCN5C(=O)[C@H](NC(=O)OC)[C@@H](C)c5ccccc5)[nH]4)cc3)cc2[nH]1)C(C)C. The first-order valence-electron chi connectivity index (χ1n) is 21.0. The first kappa shape index (κ1) is 41.1. The van der Waals surface area contributed by atoms with Crippen molar-refractivity contribution in [2.45, 2.75) is 83.0 Å². The van der Waals surface area contributed by atoms with Gasteiger partial charge in [0, 0.05) is 30.1 Å². The van der Waals surface area contributed by atoms with Crippen LogP contribution >= 0.6 is 0 Å². The number of amides is 4. The molecular weight excluding hydrogens is 773 g/mol. The molecule has 4 heterocycles. The topological polar surface area (TPSA) is 175 Å². The Hall–Kier alpha value is -6.62. The molecule has 316 valence electrons. The standard InChI is InChI=1S/C47H52N8O6/c1-28(2)39(52-45(58)60-4)43(56)55-27-47(21-22-47)25-38(55)42-49-34-20-17-31(24-35(34)50-42)14-13-30-15-18-33(19-16-30)36-26-48-41(51-36)37-12-9-23-54(37)44(57)40(53-46(59)61-5)29(3)32-10-7-6-8-11-32/h6-8,10-11,15-20,24,26,28-29,37-40H,9,12,21-23,25,27H2,1-5H3,(H,48,51)(H,49,50)(H,52,58)(H,53,59)/t29-,37-,38-,39-,40+/m0/s1. The zero-order valence-corrected chi connectivity index (χ0v) is 35.2. The fourth-order valence-electron chi connectivity index (χ4n) is 8.77. The number of H-pyrrole nitrogens is 2. The number of likely N-dealkylation sites (tertiary alicyclic amines) is 2. The fourth-order valence-corrected chi connectivity index (χ4v) is 8.77. The second-order valence-corrected chi connectivity index (χ2v) is 16.9. The molecular formula is C47H52N8O6. The lowest BCUT2D eigenvalue weighted by Gasteiger charge is -2.31. The number of nitrogens with one attached hydrogen (secondary N) is 4. The number of alkyl carbamates (subject to hydrolysis) is 2. The van der Waals surface area contributed by atoms with Crippen LogP contribution in [0.25, 0.3) is 22.3 Å². The third-order valence-electron chi connectivity index (χ3n) is 12.5. The number of methoxy groups -OCH3 is 2. The van der Waals surface area contributed by atoms with Crippen LogP contribution in [0.2, 0.25) is 0 Å². The largest absolute Gasteiger partial charge is 0.453 e. The van der Waals surface area contributed by atoms with Crippen molar-refractivity contribution in [1.82, 2.24) is 40.4 Å². The number of carbonyl (C=O) groups excluding carboxylic acids is 4. The van der Waals surface area contributed by atoms with Crippen LogP contribution in [-0.2, 0) is 19.1 Å². The maximum absolute atomic E-state index is 14.1. The summed E-state index contributed by atoms with van der Waals surface area (Å²) < 4.78 is 9.70. The zero-order valence-electron chi connectivity index (χ0n) is 35.2. The van der Waals surface area contributed by atoms with E-state index in [1.54, 1.807) is 6.20 Å². The number of aromatic amines is 2. The second kappa shape index (κ2) is 17.2. The maximum Gasteiger partial charge on any atom is 0.407 e. The van der Waals surface area contributed by atoms with Crippen molar-refractivity contribution in [3.63, 3.8) is 0 Å². The molecule has 4 amide bonds. The molecule has 2 saturated heterocycles. The number of ether oxygens (including phenoxy) is 2. The number of carbonyl (C=O) groups is 4. The summed E-state index contributed by atoms with van der Waals surface area (Å²) >= 11 is 0. The number of hydrogen-bond donors (Lipinski definition) is 4. The van der Waals surface area contributed by atoms with Crippen molar-refractivity contribution < 1.29 is 28.7 Å². The molecule has 3 aromatic carbocycles. The Bertz CT molecular complexity index is 2480. The van der Waals surface area contributed by atoms with E-state index < -0.39 is 24.3 Å². The maximum atomic E-state index is 14.1. The van der Waals surface area contributed by atoms with Gasteiger partial charge in [-0.3, -0.25) is 9.59 Å². The smallest absolute Gasteiger partial charge is 0.407 e. The third kappa shape index (κ3) is 8.68. The Morgan fingerprint density at radius 2 is 1.48 bits per heavy atom. The monoisotopic (exact) mass is 824 g/mol. The van der Waals surface area contributed by atoms with Crippen LogP contribution in [0.5, 0.6) is 0 Å². The van der Waals surface area contributed by atoms with E-state index in [0.717, 1.165) is 76.9 Å². The highest BCUT2D eigenvalue weighted by atomic mass is 16.5. The molecule has 2 aliphatic heterocycles. The van der Waals surface area contributed by atoms with Crippen LogP contribution in [0.3, 0.4) is 0 Å². The van der Waals surface area contributed by atoms with Gasteiger partial charge in [-0.15, -0.1) is 0 Å². The Morgan fingerprint density at radius 3 is 2.16 bits per heavy atom. The summed E-state index contributed by atoms with van der Waals surface area (Å²) in [5, 5.41) is 5.53. The van der Waals surface area contributed by atoms with Crippen LogP contribution in [0.1, 0.15) is 99.2 Å². The highest BCUT2D eigenvalue weighted by Gasteiger charge is 2.55. The Balaban J connectivity index is 0.946. The summed E-state index contributed by atoms with van der Waals surface area (Å²) in [6.07, 6.45) is 5.05. The van der Waals surface area contributed by atoms with Crippen molar-refractivity contribution in [2.24, 2.45) is 11.3 Å². The van der Waals surface area contributed by atoms with Crippen LogP contribution in [0.15, 0.2) is 79.0 Å². The number of hydrogen-bond acceptors (Lipinski definition) is 8. The van der Waals surface area contributed by atoms with Gasteiger partial charge in [-0.2, -0.15) is 0 Å². The highest BCUT2D eigenvalue weighted by Crippen LogP contribution is 2.58. The summed E-state index contributed by atoms with van der Waals surface area (Å²) in [6.45, 7) is 6.96. The van der Waals surface area contributed by atoms with Gasteiger partial charge in [-0.05, 0) is 84.9 Å². The number of imidazole rings is 2. The van der Waals surface area contributed by atoms with Gasteiger partial charge in [0.15, 0.2) is 0 Å².